The van der Waals surface area contributed by atoms with Crippen molar-refractivity contribution in [2.24, 2.45) is 0 Å². The summed E-state index contributed by atoms with van der Waals surface area (Å²) in [5.74, 6) is -0.738. The van der Waals surface area contributed by atoms with Crippen molar-refractivity contribution in [3.8, 4) is 11.3 Å². The van der Waals surface area contributed by atoms with Gasteiger partial charge in [0.25, 0.3) is 11.5 Å². The first-order valence-electron chi connectivity index (χ1n) is 10.9. The number of aromatic nitrogens is 2. The highest BCUT2D eigenvalue weighted by Crippen LogP contribution is 2.16. The molecule has 0 bridgehead atoms. The minimum absolute atomic E-state index is 0.274. The van der Waals surface area contributed by atoms with Crippen molar-refractivity contribution in [3.05, 3.63) is 119 Å². The standard InChI is InChI=1S/C27H24N4O3/c32-25(19-31-26(33)16-15-23(30-31)21-11-5-2-6-12-21)29-24-14-8-7-13-22(24)27(34)28-18-17-20-9-3-1-4-10-20/h1-16H,17-19H2,(H,28,34)(H,29,32). The molecule has 2 amide bonds. The molecule has 0 saturated heterocycles. The summed E-state index contributed by atoms with van der Waals surface area (Å²) in [6.07, 6.45) is 0.702. The summed E-state index contributed by atoms with van der Waals surface area (Å²) in [7, 11) is 0. The molecule has 0 unspecified atom stereocenters. The van der Waals surface area contributed by atoms with Crippen LogP contribution in [0.3, 0.4) is 0 Å². The highest BCUT2D eigenvalue weighted by molar-refractivity contribution is 6.03. The number of hydrogen-bond acceptors (Lipinski definition) is 4. The molecule has 0 aliphatic carbocycles. The fraction of sp³-hybridized carbons (Fsp3) is 0.111. The Morgan fingerprint density at radius 3 is 2.24 bits per heavy atom. The Morgan fingerprint density at radius 1 is 0.794 bits per heavy atom. The van der Waals surface area contributed by atoms with E-state index in [0.717, 1.165) is 15.8 Å². The van der Waals surface area contributed by atoms with Crippen molar-refractivity contribution >= 4 is 17.5 Å². The van der Waals surface area contributed by atoms with Crippen LogP contribution in [-0.4, -0.2) is 28.1 Å². The molecule has 1 heterocycles. The van der Waals surface area contributed by atoms with Gasteiger partial charge in [-0.15, -0.1) is 0 Å². The Kier molecular flexibility index (Phi) is 7.25. The predicted molar refractivity (Wildman–Crippen MR) is 131 cm³/mol. The van der Waals surface area contributed by atoms with Crippen LogP contribution in [-0.2, 0) is 17.8 Å². The second-order valence-electron chi connectivity index (χ2n) is 7.67. The lowest BCUT2D eigenvalue weighted by molar-refractivity contribution is -0.117. The fourth-order valence-electron chi connectivity index (χ4n) is 3.50. The van der Waals surface area contributed by atoms with Gasteiger partial charge in [-0.1, -0.05) is 72.8 Å². The number of rotatable bonds is 8. The third-order valence-corrected chi connectivity index (χ3v) is 5.22. The Morgan fingerprint density at radius 2 is 1.47 bits per heavy atom. The van der Waals surface area contributed by atoms with Gasteiger partial charge in [-0.2, -0.15) is 5.10 Å². The Labute approximate surface area is 197 Å². The summed E-state index contributed by atoms with van der Waals surface area (Å²) in [5, 5.41) is 9.94. The van der Waals surface area contributed by atoms with Crippen LogP contribution in [0.1, 0.15) is 15.9 Å². The molecule has 7 nitrogen and oxygen atoms in total. The molecule has 2 N–H and O–H groups in total. The van der Waals surface area contributed by atoms with Crippen LogP contribution in [0.15, 0.2) is 102 Å². The Bertz CT molecular complexity index is 1330. The summed E-state index contributed by atoms with van der Waals surface area (Å²) in [4.78, 5) is 37.7. The van der Waals surface area contributed by atoms with Gasteiger partial charge in [0.05, 0.1) is 16.9 Å². The lowest BCUT2D eigenvalue weighted by atomic mass is 10.1. The average molecular weight is 453 g/mol. The summed E-state index contributed by atoms with van der Waals surface area (Å²) >= 11 is 0. The van der Waals surface area contributed by atoms with Gasteiger partial charge in [0.1, 0.15) is 6.54 Å². The van der Waals surface area contributed by atoms with E-state index < -0.39 is 5.91 Å². The third kappa shape index (κ3) is 5.83. The zero-order valence-corrected chi connectivity index (χ0v) is 18.5. The van der Waals surface area contributed by atoms with Crippen molar-refractivity contribution in [1.29, 1.82) is 0 Å². The largest absolute Gasteiger partial charge is 0.352 e. The molecule has 0 spiro atoms. The van der Waals surface area contributed by atoms with E-state index in [9.17, 15) is 14.4 Å². The predicted octanol–water partition coefficient (Wildman–Crippen LogP) is 3.52. The fourth-order valence-corrected chi connectivity index (χ4v) is 3.50. The minimum atomic E-state index is -0.454. The van der Waals surface area contributed by atoms with Gasteiger partial charge in [-0.25, -0.2) is 4.68 Å². The number of nitrogens with one attached hydrogen (secondary N) is 2. The van der Waals surface area contributed by atoms with Crippen LogP contribution in [0.5, 0.6) is 0 Å². The lowest BCUT2D eigenvalue weighted by Crippen LogP contribution is -2.30. The van der Waals surface area contributed by atoms with Gasteiger partial charge in [0.15, 0.2) is 0 Å². The average Bonchev–Trinajstić information content (AvgIpc) is 2.87. The van der Waals surface area contributed by atoms with Gasteiger partial charge in [0.2, 0.25) is 5.91 Å². The summed E-state index contributed by atoms with van der Waals surface area (Å²) in [6.45, 7) is 0.195. The van der Waals surface area contributed by atoms with E-state index in [2.05, 4.69) is 15.7 Å². The Balaban J connectivity index is 1.42. The van der Waals surface area contributed by atoms with Gasteiger partial charge in [-0.3, -0.25) is 14.4 Å². The van der Waals surface area contributed by atoms with Gasteiger partial charge in [-0.05, 0) is 30.2 Å². The second kappa shape index (κ2) is 10.9. The molecular weight excluding hydrogens is 428 g/mol. The van der Waals surface area contributed by atoms with E-state index in [-0.39, 0.29) is 18.0 Å². The van der Waals surface area contributed by atoms with Gasteiger partial charge >= 0.3 is 0 Å². The smallest absolute Gasteiger partial charge is 0.267 e. The van der Waals surface area contributed by atoms with Crippen molar-refractivity contribution in [2.75, 3.05) is 11.9 Å². The highest BCUT2D eigenvalue weighted by atomic mass is 16.2. The normalized spacial score (nSPS) is 10.5. The third-order valence-electron chi connectivity index (χ3n) is 5.22. The van der Waals surface area contributed by atoms with Gasteiger partial charge < -0.3 is 10.6 Å². The topological polar surface area (TPSA) is 93.1 Å². The van der Waals surface area contributed by atoms with E-state index in [1.807, 2.05) is 60.7 Å². The molecule has 0 radical (unpaired) electrons. The summed E-state index contributed by atoms with van der Waals surface area (Å²) in [5.41, 5.74) is 2.89. The van der Waals surface area contributed by atoms with Crippen LogP contribution in [0, 0.1) is 0 Å². The summed E-state index contributed by atoms with van der Waals surface area (Å²) in [6, 6.07) is 29.0. The molecule has 0 saturated carbocycles. The molecular formula is C27H24N4O3. The van der Waals surface area contributed by atoms with Crippen LogP contribution in [0.25, 0.3) is 11.3 Å². The van der Waals surface area contributed by atoms with Crippen LogP contribution < -0.4 is 16.2 Å². The van der Waals surface area contributed by atoms with Crippen molar-refractivity contribution < 1.29 is 9.59 Å². The highest BCUT2D eigenvalue weighted by Gasteiger charge is 2.14. The number of nitrogens with zero attached hydrogens (tertiary/aromatic N) is 2. The van der Waals surface area contributed by atoms with E-state index in [0.29, 0.717) is 29.9 Å². The molecule has 0 fully saturated rings. The van der Waals surface area contributed by atoms with Crippen molar-refractivity contribution in [1.82, 2.24) is 15.1 Å². The van der Waals surface area contributed by atoms with E-state index in [1.165, 1.54) is 6.07 Å². The van der Waals surface area contributed by atoms with Crippen LogP contribution in [0.2, 0.25) is 0 Å². The Hall–Kier alpha value is -4.52. The second-order valence-corrected chi connectivity index (χ2v) is 7.67. The number of carbonyl (C=O) groups is 2. The van der Waals surface area contributed by atoms with Crippen LogP contribution in [0.4, 0.5) is 5.69 Å². The van der Waals surface area contributed by atoms with E-state index in [1.54, 1.807) is 30.3 Å². The SMILES string of the molecule is O=C(Cn1nc(-c2ccccc2)ccc1=O)Nc1ccccc1C(=O)NCCc1ccccc1. The molecule has 3 aromatic carbocycles. The quantitative estimate of drug-likeness (QED) is 0.428. The van der Waals surface area contributed by atoms with Crippen LogP contribution >= 0.6 is 0 Å². The zero-order chi connectivity index (χ0) is 23.8. The van der Waals surface area contributed by atoms with Gasteiger partial charge in [0, 0.05) is 18.2 Å². The maximum absolute atomic E-state index is 12.7. The summed E-state index contributed by atoms with van der Waals surface area (Å²) < 4.78 is 1.11. The molecule has 4 aromatic rings. The number of carbonyl (C=O) groups excluding carboxylic acids is 2. The molecule has 7 heteroatoms. The van der Waals surface area contributed by atoms with Crippen molar-refractivity contribution in [2.45, 2.75) is 13.0 Å². The first-order valence-corrected chi connectivity index (χ1v) is 10.9. The van der Waals surface area contributed by atoms with E-state index >= 15 is 0 Å². The molecule has 4 rings (SSSR count). The number of benzene rings is 3. The first-order chi connectivity index (χ1) is 16.6. The number of amides is 2. The maximum Gasteiger partial charge on any atom is 0.267 e. The number of hydrogen-bond donors (Lipinski definition) is 2. The number of para-hydroxylation sites is 1. The monoisotopic (exact) mass is 452 g/mol. The maximum atomic E-state index is 12.7. The van der Waals surface area contributed by atoms with Crippen molar-refractivity contribution in [3.63, 3.8) is 0 Å². The molecule has 0 aliphatic heterocycles. The molecule has 0 aliphatic rings. The minimum Gasteiger partial charge on any atom is -0.352 e. The van der Waals surface area contributed by atoms with E-state index in [4.69, 9.17) is 0 Å². The first kappa shape index (κ1) is 22.7. The molecule has 170 valence electrons. The lowest BCUT2D eigenvalue weighted by Gasteiger charge is -2.12. The molecule has 34 heavy (non-hydrogen) atoms. The number of anilines is 1. The zero-order valence-electron chi connectivity index (χ0n) is 18.5. The molecule has 1 aromatic heterocycles. The molecule has 0 atom stereocenters.